The number of hydrogen-bond acceptors (Lipinski definition) is 2. The maximum Gasteiger partial charge on any atom is 0.238 e. The molecule has 1 aromatic carbocycles. The van der Waals surface area contributed by atoms with E-state index < -0.39 is 0 Å². The van der Waals surface area contributed by atoms with Gasteiger partial charge in [-0.3, -0.25) is 4.79 Å². The van der Waals surface area contributed by atoms with Crippen LogP contribution in [0.4, 0.5) is 5.69 Å². The minimum absolute atomic E-state index is 0.0377. The molecule has 1 aliphatic carbocycles. The van der Waals surface area contributed by atoms with Gasteiger partial charge in [-0.2, -0.15) is 0 Å². The Kier molecular flexibility index (Phi) is 4.76. The van der Waals surface area contributed by atoms with Crippen LogP contribution in [0.3, 0.4) is 0 Å². The highest BCUT2D eigenvalue weighted by molar-refractivity contribution is 5.92. The van der Waals surface area contributed by atoms with Crippen LogP contribution in [0, 0.1) is 12.8 Å². The van der Waals surface area contributed by atoms with E-state index in [0.717, 1.165) is 23.7 Å². The Labute approximate surface area is 109 Å². The maximum atomic E-state index is 11.7. The molecule has 1 amide bonds. The first-order valence-corrected chi connectivity index (χ1v) is 6.82. The Morgan fingerprint density at radius 3 is 2.83 bits per heavy atom. The Morgan fingerprint density at radius 2 is 2.11 bits per heavy atom. The van der Waals surface area contributed by atoms with Gasteiger partial charge in [0.15, 0.2) is 0 Å². The Hall–Kier alpha value is -1.35. The second kappa shape index (κ2) is 6.55. The fourth-order valence-electron chi connectivity index (χ4n) is 2.03. The molecule has 0 saturated heterocycles. The lowest BCUT2D eigenvalue weighted by Gasteiger charge is -2.08. The molecule has 0 bridgehead atoms. The van der Waals surface area contributed by atoms with Crippen molar-refractivity contribution >= 4 is 11.6 Å². The monoisotopic (exact) mass is 246 g/mol. The molecule has 0 spiro atoms. The predicted molar refractivity (Wildman–Crippen MR) is 74.6 cm³/mol. The minimum atomic E-state index is 0.0377. The summed E-state index contributed by atoms with van der Waals surface area (Å²) in [7, 11) is 0. The number of aryl methyl sites for hydroxylation is 1. The van der Waals surface area contributed by atoms with Crippen molar-refractivity contribution in [2.24, 2.45) is 5.92 Å². The van der Waals surface area contributed by atoms with Gasteiger partial charge in [0.25, 0.3) is 0 Å². The molecular formula is C15H22N2O. The van der Waals surface area contributed by atoms with Crippen molar-refractivity contribution in [1.29, 1.82) is 0 Å². The first-order chi connectivity index (χ1) is 8.75. The fourth-order valence-corrected chi connectivity index (χ4v) is 2.03. The smallest absolute Gasteiger partial charge is 0.238 e. The van der Waals surface area contributed by atoms with E-state index in [0.29, 0.717) is 6.54 Å². The van der Waals surface area contributed by atoms with E-state index >= 15 is 0 Å². The largest absolute Gasteiger partial charge is 0.325 e. The van der Waals surface area contributed by atoms with Gasteiger partial charge in [-0.15, -0.1) is 0 Å². The number of benzene rings is 1. The summed E-state index contributed by atoms with van der Waals surface area (Å²) in [6, 6.07) is 7.84. The number of para-hydroxylation sites is 1. The number of anilines is 1. The normalized spacial score (nSPS) is 14.5. The highest BCUT2D eigenvalue weighted by Crippen LogP contribution is 2.33. The zero-order valence-corrected chi connectivity index (χ0v) is 11.0. The van der Waals surface area contributed by atoms with Crippen molar-refractivity contribution in [2.45, 2.75) is 32.6 Å². The molecule has 1 aliphatic rings. The predicted octanol–water partition coefficient (Wildman–Crippen LogP) is 2.71. The summed E-state index contributed by atoms with van der Waals surface area (Å²) in [6.07, 6.45) is 5.32. The second-order valence-electron chi connectivity index (χ2n) is 5.13. The molecule has 0 heterocycles. The third-order valence-electron chi connectivity index (χ3n) is 3.37. The van der Waals surface area contributed by atoms with Crippen molar-refractivity contribution in [2.75, 3.05) is 18.4 Å². The molecule has 0 unspecified atom stereocenters. The van der Waals surface area contributed by atoms with Gasteiger partial charge in [-0.05, 0) is 43.9 Å². The number of carbonyl (C=O) groups excluding carboxylic acids is 1. The van der Waals surface area contributed by atoms with Crippen LogP contribution in [0.15, 0.2) is 24.3 Å². The van der Waals surface area contributed by atoms with Crippen LogP contribution in [-0.2, 0) is 4.79 Å². The topological polar surface area (TPSA) is 41.1 Å². The van der Waals surface area contributed by atoms with Gasteiger partial charge in [0.05, 0.1) is 6.54 Å². The van der Waals surface area contributed by atoms with E-state index in [1.165, 1.54) is 25.7 Å². The lowest BCUT2D eigenvalue weighted by atomic mass is 10.2. The summed E-state index contributed by atoms with van der Waals surface area (Å²) in [4.78, 5) is 11.7. The molecule has 0 atom stereocenters. The lowest BCUT2D eigenvalue weighted by molar-refractivity contribution is -0.115. The van der Waals surface area contributed by atoms with Gasteiger partial charge < -0.3 is 10.6 Å². The lowest BCUT2D eigenvalue weighted by Crippen LogP contribution is -2.29. The van der Waals surface area contributed by atoms with Gasteiger partial charge in [0.2, 0.25) is 5.91 Å². The van der Waals surface area contributed by atoms with Crippen LogP contribution in [0.25, 0.3) is 0 Å². The Balaban J connectivity index is 1.60. The summed E-state index contributed by atoms with van der Waals surface area (Å²) >= 11 is 0. The summed E-state index contributed by atoms with van der Waals surface area (Å²) in [5.41, 5.74) is 2.00. The van der Waals surface area contributed by atoms with E-state index in [4.69, 9.17) is 0 Å². The van der Waals surface area contributed by atoms with Gasteiger partial charge in [-0.1, -0.05) is 31.0 Å². The fraction of sp³-hybridized carbons (Fsp3) is 0.533. The van der Waals surface area contributed by atoms with Gasteiger partial charge in [-0.25, -0.2) is 0 Å². The standard InChI is InChI=1S/C15H22N2O/c1-12-5-2-3-7-14(12)17-15(18)11-16-10-4-6-13-8-9-13/h2-3,5,7,13,16H,4,6,8-11H2,1H3,(H,17,18). The number of carbonyl (C=O) groups is 1. The van der Waals surface area contributed by atoms with Gasteiger partial charge in [0, 0.05) is 5.69 Å². The number of nitrogens with one attached hydrogen (secondary N) is 2. The van der Waals surface area contributed by atoms with Crippen LogP contribution < -0.4 is 10.6 Å². The quantitative estimate of drug-likeness (QED) is 0.726. The first kappa shape index (κ1) is 13.1. The van der Waals surface area contributed by atoms with E-state index in [2.05, 4.69) is 10.6 Å². The average molecular weight is 246 g/mol. The van der Waals surface area contributed by atoms with E-state index in [1.54, 1.807) is 0 Å². The molecule has 18 heavy (non-hydrogen) atoms. The Morgan fingerprint density at radius 1 is 1.33 bits per heavy atom. The third kappa shape index (κ3) is 4.49. The van der Waals surface area contributed by atoms with Crippen LogP contribution in [0.2, 0.25) is 0 Å². The molecule has 0 aliphatic heterocycles. The summed E-state index contributed by atoms with van der Waals surface area (Å²) in [5, 5.41) is 6.12. The van der Waals surface area contributed by atoms with Crippen molar-refractivity contribution in [3.05, 3.63) is 29.8 Å². The van der Waals surface area contributed by atoms with Crippen LogP contribution in [0.1, 0.15) is 31.2 Å². The molecular weight excluding hydrogens is 224 g/mol. The average Bonchev–Trinajstić information content (AvgIpc) is 3.16. The number of rotatable bonds is 7. The second-order valence-corrected chi connectivity index (χ2v) is 5.13. The Bertz CT molecular complexity index is 399. The van der Waals surface area contributed by atoms with E-state index in [9.17, 15) is 4.79 Å². The van der Waals surface area contributed by atoms with Gasteiger partial charge in [0.1, 0.15) is 0 Å². The molecule has 3 nitrogen and oxygen atoms in total. The molecule has 2 rings (SSSR count). The van der Waals surface area contributed by atoms with E-state index in [1.807, 2.05) is 31.2 Å². The molecule has 1 saturated carbocycles. The zero-order valence-electron chi connectivity index (χ0n) is 11.0. The SMILES string of the molecule is Cc1ccccc1NC(=O)CNCCCC1CC1. The van der Waals surface area contributed by atoms with Crippen LogP contribution in [0.5, 0.6) is 0 Å². The molecule has 1 aromatic rings. The number of hydrogen-bond donors (Lipinski definition) is 2. The molecule has 3 heteroatoms. The minimum Gasteiger partial charge on any atom is -0.325 e. The summed E-state index contributed by atoms with van der Waals surface area (Å²) in [5.74, 6) is 1.02. The molecule has 98 valence electrons. The number of amides is 1. The first-order valence-electron chi connectivity index (χ1n) is 6.82. The van der Waals surface area contributed by atoms with Crippen molar-refractivity contribution in [1.82, 2.24) is 5.32 Å². The molecule has 1 fully saturated rings. The van der Waals surface area contributed by atoms with Crippen molar-refractivity contribution < 1.29 is 4.79 Å². The highest BCUT2D eigenvalue weighted by Gasteiger charge is 2.19. The van der Waals surface area contributed by atoms with Crippen LogP contribution >= 0.6 is 0 Å². The third-order valence-corrected chi connectivity index (χ3v) is 3.37. The zero-order chi connectivity index (χ0) is 12.8. The molecule has 0 radical (unpaired) electrons. The maximum absolute atomic E-state index is 11.7. The summed E-state index contributed by atoms with van der Waals surface area (Å²) < 4.78 is 0. The van der Waals surface area contributed by atoms with Crippen molar-refractivity contribution in [3.63, 3.8) is 0 Å². The van der Waals surface area contributed by atoms with Crippen molar-refractivity contribution in [3.8, 4) is 0 Å². The molecule has 2 N–H and O–H groups in total. The molecule has 0 aromatic heterocycles. The highest BCUT2D eigenvalue weighted by atomic mass is 16.1. The van der Waals surface area contributed by atoms with Crippen LogP contribution in [-0.4, -0.2) is 19.0 Å². The van der Waals surface area contributed by atoms with E-state index in [-0.39, 0.29) is 5.91 Å². The van der Waals surface area contributed by atoms with Gasteiger partial charge >= 0.3 is 0 Å². The summed E-state index contributed by atoms with van der Waals surface area (Å²) in [6.45, 7) is 3.34.